The number of nitrogens with one attached hydrogen (secondary N) is 1. The second kappa shape index (κ2) is 6.31. The first kappa shape index (κ1) is 14.1. The molecule has 3 aromatic carbocycles. The summed E-state index contributed by atoms with van der Waals surface area (Å²) in [5.74, 6) is 0.429. The van der Waals surface area contributed by atoms with Gasteiger partial charge in [0.05, 0.1) is 6.54 Å². The molecule has 0 unspecified atom stereocenters. The van der Waals surface area contributed by atoms with E-state index in [2.05, 4.69) is 40.6 Å². The largest absolute Gasteiger partial charge is 0.370 e. The van der Waals surface area contributed by atoms with Crippen LogP contribution < -0.4 is 11.1 Å². The number of aryl methyl sites for hydroxylation is 1. The Bertz CT molecular complexity index is 822. The van der Waals surface area contributed by atoms with Crippen LogP contribution in [0.5, 0.6) is 0 Å². The lowest BCUT2D eigenvalue weighted by atomic mass is 10.1. The molecule has 110 valence electrons. The van der Waals surface area contributed by atoms with Crippen molar-refractivity contribution in [2.24, 2.45) is 10.7 Å². The van der Waals surface area contributed by atoms with Crippen molar-refractivity contribution in [3.8, 4) is 0 Å². The monoisotopic (exact) mass is 289 g/mol. The van der Waals surface area contributed by atoms with E-state index in [0.717, 1.165) is 11.3 Å². The minimum Gasteiger partial charge on any atom is -0.370 e. The fraction of sp³-hybridized carbons (Fsp3) is 0.105. The summed E-state index contributed by atoms with van der Waals surface area (Å²) >= 11 is 0. The van der Waals surface area contributed by atoms with Crippen molar-refractivity contribution in [3.05, 3.63) is 77.9 Å². The highest BCUT2D eigenvalue weighted by atomic mass is 15.1. The maximum Gasteiger partial charge on any atom is 0.193 e. The molecule has 3 aromatic rings. The molecule has 0 aromatic heterocycles. The molecule has 3 heteroatoms. The quantitative estimate of drug-likeness (QED) is 0.564. The van der Waals surface area contributed by atoms with Crippen LogP contribution in [0.3, 0.4) is 0 Å². The van der Waals surface area contributed by atoms with Crippen LogP contribution >= 0.6 is 0 Å². The molecule has 0 aliphatic rings. The normalized spacial score (nSPS) is 11.6. The van der Waals surface area contributed by atoms with Crippen LogP contribution in [-0.4, -0.2) is 5.96 Å². The zero-order valence-electron chi connectivity index (χ0n) is 12.6. The van der Waals surface area contributed by atoms with Crippen molar-refractivity contribution in [1.82, 2.24) is 0 Å². The third-order valence-electron chi connectivity index (χ3n) is 3.54. The highest BCUT2D eigenvalue weighted by molar-refractivity contribution is 5.92. The Morgan fingerprint density at radius 1 is 0.955 bits per heavy atom. The minimum atomic E-state index is 0.429. The Balaban J connectivity index is 1.71. The number of nitrogens with zero attached hydrogens (tertiary/aromatic N) is 1. The molecule has 0 atom stereocenters. The highest BCUT2D eigenvalue weighted by Crippen LogP contribution is 2.16. The van der Waals surface area contributed by atoms with Crippen molar-refractivity contribution < 1.29 is 0 Å². The van der Waals surface area contributed by atoms with Gasteiger partial charge in [0.1, 0.15) is 0 Å². The van der Waals surface area contributed by atoms with Gasteiger partial charge in [-0.15, -0.1) is 0 Å². The minimum absolute atomic E-state index is 0.429. The fourth-order valence-corrected chi connectivity index (χ4v) is 2.42. The lowest BCUT2D eigenvalue weighted by Crippen LogP contribution is -2.22. The lowest BCUT2D eigenvalue weighted by Gasteiger charge is -2.07. The summed E-state index contributed by atoms with van der Waals surface area (Å²) in [6.07, 6.45) is 0. The van der Waals surface area contributed by atoms with E-state index in [0.29, 0.717) is 12.5 Å². The van der Waals surface area contributed by atoms with E-state index in [9.17, 15) is 0 Å². The van der Waals surface area contributed by atoms with Gasteiger partial charge in [-0.1, -0.05) is 48.5 Å². The van der Waals surface area contributed by atoms with Crippen LogP contribution in [0.2, 0.25) is 0 Å². The third-order valence-corrected chi connectivity index (χ3v) is 3.54. The predicted octanol–water partition coefficient (Wildman–Crippen LogP) is 4.08. The Hall–Kier alpha value is -2.81. The summed E-state index contributed by atoms with van der Waals surface area (Å²) in [7, 11) is 0. The zero-order chi connectivity index (χ0) is 15.4. The van der Waals surface area contributed by atoms with Crippen molar-refractivity contribution in [3.63, 3.8) is 0 Å². The summed E-state index contributed by atoms with van der Waals surface area (Å²) in [5, 5.41) is 5.58. The summed E-state index contributed by atoms with van der Waals surface area (Å²) in [6.45, 7) is 2.61. The molecule has 0 bridgehead atoms. The molecule has 0 heterocycles. The van der Waals surface area contributed by atoms with Gasteiger partial charge in [-0.25, -0.2) is 4.99 Å². The maximum absolute atomic E-state index is 5.96. The number of nitrogens with two attached hydrogens (primary N) is 1. The average Bonchev–Trinajstić information content (AvgIpc) is 2.53. The van der Waals surface area contributed by atoms with Crippen LogP contribution in [-0.2, 0) is 6.54 Å². The van der Waals surface area contributed by atoms with Gasteiger partial charge in [0, 0.05) is 5.69 Å². The third kappa shape index (κ3) is 3.44. The molecule has 0 saturated heterocycles. The molecular weight excluding hydrogens is 270 g/mol. The lowest BCUT2D eigenvalue weighted by molar-refractivity contribution is 1.06. The molecule has 0 aliphatic carbocycles. The number of aliphatic imine (C=N–C) groups is 1. The van der Waals surface area contributed by atoms with Gasteiger partial charge in [0.25, 0.3) is 0 Å². The SMILES string of the molecule is Cc1cccc(NC(N)=NCc2ccc3ccccc3c2)c1. The first-order valence-corrected chi connectivity index (χ1v) is 7.32. The Morgan fingerprint density at radius 2 is 1.77 bits per heavy atom. The topological polar surface area (TPSA) is 50.4 Å². The van der Waals surface area contributed by atoms with E-state index < -0.39 is 0 Å². The van der Waals surface area contributed by atoms with Crippen molar-refractivity contribution in [1.29, 1.82) is 0 Å². The van der Waals surface area contributed by atoms with E-state index in [1.54, 1.807) is 0 Å². The number of guanidine groups is 1. The Morgan fingerprint density at radius 3 is 2.59 bits per heavy atom. The van der Waals surface area contributed by atoms with Crippen molar-refractivity contribution in [2.75, 3.05) is 5.32 Å². The highest BCUT2D eigenvalue weighted by Gasteiger charge is 1.98. The molecule has 3 nitrogen and oxygen atoms in total. The van der Waals surface area contributed by atoms with Crippen LogP contribution in [0.15, 0.2) is 71.7 Å². The van der Waals surface area contributed by atoms with E-state index >= 15 is 0 Å². The number of benzene rings is 3. The van der Waals surface area contributed by atoms with Crippen LogP contribution in [0.1, 0.15) is 11.1 Å². The Labute approximate surface area is 130 Å². The number of hydrogen-bond acceptors (Lipinski definition) is 1. The number of hydrogen-bond donors (Lipinski definition) is 2. The standard InChI is InChI=1S/C19H19N3/c1-14-5-4-8-18(11-14)22-19(20)21-13-15-9-10-16-6-2-3-7-17(16)12-15/h2-12H,13H2,1H3,(H3,20,21,22). The number of anilines is 1. The fourth-order valence-electron chi connectivity index (χ4n) is 2.42. The van der Waals surface area contributed by atoms with Gasteiger partial charge in [-0.3, -0.25) is 0 Å². The second-order valence-electron chi connectivity index (χ2n) is 5.38. The van der Waals surface area contributed by atoms with Crippen molar-refractivity contribution in [2.45, 2.75) is 13.5 Å². The summed E-state index contributed by atoms with van der Waals surface area (Å²) in [4.78, 5) is 4.41. The van der Waals surface area contributed by atoms with Crippen LogP contribution in [0.25, 0.3) is 10.8 Å². The van der Waals surface area contributed by atoms with Gasteiger partial charge in [0.15, 0.2) is 5.96 Å². The van der Waals surface area contributed by atoms with E-state index in [1.165, 1.54) is 16.3 Å². The zero-order valence-corrected chi connectivity index (χ0v) is 12.6. The smallest absolute Gasteiger partial charge is 0.193 e. The molecule has 0 radical (unpaired) electrons. The molecule has 0 aliphatic heterocycles. The van der Waals surface area contributed by atoms with Gasteiger partial charge < -0.3 is 11.1 Å². The molecule has 0 fully saturated rings. The second-order valence-corrected chi connectivity index (χ2v) is 5.38. The van der Waals surface area contributed by atoms with E-state index in [1.807, 2.05) is 43.3 Å². The van der Waals surface area contributed by atoms with Gasteiger partial charge in [-0.05, 0) is 47.0 Å². The molecule has 22 heavy (non-hydrogen) atoms. The predicted molar refractivity (Wildman–Crippen MR) is 94.1 cm³/mol. The Kier molecular flexibility index (Phi) is 4.05. The van der Waals surface area contributed by atoms with E-state index in [-0.39, 0.29) is 0 Å². The molecule has 3 rings (SSSR count). The number of rotatable bonds is 3. The average molecular weight is 289 g/mol. The molecule has 0 spiro atoms. The van der Waals surface area contributed by atoms with E-state index in [4.69, 9.17) is 5.73 Å². The summed E-state index contributed by atoms with van der Waals surface area (Å²) in [6, 6.07) is 22.7. The first-order chi connectivity index (χ1) is 10.7. The maximum atomic E-state index is 5.96. The summed E-state index contributed by atoms with van der Waals surface area (Å²) < 4.78 is 0. The first-order valence-electron chi connectivity index (χ1n) is 7.32. The molecule has 0 amide bonds. The summed E-state index contributed by atoms with van der Waals surface area (Å²) in [5.41, 5.74) is 9.25. The van der Waals surface area contributed by atoms with Gasteiger partial charge >= 0.3 is 0 Å². The number of fused-ring (bicyclic) bond motifs is 1. The van der Waals surface area contributed by atoms with Crippen LogP contribution in [0.4, 0.5) is 5.69 Å². The molecule has 0 saturated carbocycles. The van der Waals surface area contributed by atoms with Crippen LogP contribution in [0, 0.1) is 6.92 Å². The molecular formula is C19H19N3. The van der Waals surface area contributed by atoms with Crippen molar-refractivity contribution >= 4 is 22.4 Å². The molecule has 3 N–H and O–H groups in total. The van der Waals surface area contributed by atoms with Gasteiger partial charge in [-0.2, -0.15) is 0 Å². The van der Waals surface area contributed by atoms with Gasteiger partial charge in [0.2, 0.25) is 0 Å².